The van der Waals surface area contributed by atoms with E-state index in [2.05, 4.69) is 16.0 Å². The second-order valence-electron chi connectivity index (χ2n) is 10.3. The molecule has 1 aliphatic carbocycles. The summed E-state index contributed by atoms with van der Waals surface area (Å²) < 4.78 is 38.4. The number of halogens is 1. The number of ether oxygens (including phenoxy) is 1. The molecule has 222 valence electrons. The summed E-state index contributed by atoms with van der Waals surface area (Å²) in [4.78, 5) is 38.2. The molecule has 3 aromatic rings. The van der Waals surface area contributed by atoms with Gasteiger partial charge in [0.15, 0.2) is 0 Å². The van der Waals surface area contributed by atoms with Crippen molar-refractivity contribution >= 4 is 45.3 Å². The van der Waals surface area contributed by atoms with Gasteiger partial charge in [-0.25, -0.2) is 4.79 Å². The number of amides is 3. The molecule has 0 fully saturated rings. The standard InChI is InChI=1S/C30H32ClN3O7S/c1-17(2)27(29(36)32-18(3)28(35)33-20-13-12-19(15-31)26(14-20)42(38,39)40)34-30(37)41-16-25-23-10-6-4-8-21(23)22-9-5-7-11-24(22)25/h4-14,17-18,25,27H,15-16H2,1-3H3,(H,32,36)(H,33,35)(H,34,37)(H,38,39,40). The molecule has 3 aromatic carbocycles. The number of anilines is 1. The SMILES string of the molecule is CC(NC(=O)C(NC(=O)OCC1c2ccccc2-c2ccccc21)C(C)C)C(=O)Nc1ccc(CCl)c(S(=O)(=O)O)c1. The first-order valence-corrected chi connectivity index (χ1v) is 15.3. The summed E-state index contributed by atoms with van der Waals surface area (Å²) in [6.07, 6.45) is -0.764. The molecule has 42 heavy (non-hydrogen) atoms. The molecule has 1 aliphatic rings. The molecule has 2 atom stereocenters. The number of alkyl halides is 1. The normalized spacial score (nSPS) is 14.0. The lowest BCUT2D eigenvalue weighted by Gasteiger charge is -2.24. The van der Waals surface area contributed by atoms with Crippen molar-refractivity contribution in [1.29, 1.82) is 0 Å². The summed E-state index contributed by atoms with van der Waals surface area (Å²) in [5, 5.41) is 7.68. The van der Waals surface area contributed by atoms with Crippen LogP contribution in [-0.4, -0.2) is 49.6 Å². The number of benzene rings is 3. The average molecular weight is 614 g/mol. The Morgan fingerprint density at radius 3 is 2.05 bits per heavy atom. The van der Waals surface area contributed by atoms with Crippen LogP contribution in [0.15, 0.2) is 71.6 Å². The van der Waals surface area contributed by atoms with Gasteiger partial charge in [0.1, 0.15) is 23.6 Å². The Balaban J connectivity index is 1.36. The number of rotatable bonds is 10. The Bertz CT molecular complexity index is 1560. The molecular formula is C30H32ClN3O7S. The van der Waals surface area contributed by atoms with Crippen molar-refractivity contribution in [3.05, 3.63) is 83.4 Å². The van der Waals surface area contributed by atoms with Crippen LogP contribution in [0.3, 0.4) is 0 Å². The number of carbonyl (C=O) groups is 3. The van der Waals surface area contributed by atoms with E-state index in [1.54, 1.807) is 13.8 Å². The predicted molar refractivity (Wildman–Crippen MR) is 159 cm³/mol. The summed E-state index contributed by atoms with van der Waals surface area (Å²) in [5.74, 6) is -1.88. The lowest BCUT2D eigenvalue weighted by atomic mass is 9.98. The van der Waals surface area contributed by atoms with E-state index in [9.17, 15) is 27.4 Å². The molecule has 0 aliphatic heterocycles. The van der Waals surface area contributed by atoms with E-state index >= 15 is 0 Å². The van der Waals surface area contributed by atoms with Crippen molar-refractivity contribution in [2.75, 3.05) is 11.9 Å². The fourth-order valence-electron chi connectivity index (χ4n) is 4.90. The highest BCUT2D eigenvalue weighted by molar-refractivity contribution is 7.85. The van der Waals surface area contributed by atoms with Gasteiger partial charge in [0.2, 0.25) is 11.8 Å². The molecule has 4 rings (SSSR count). The molecular weight excluding hydrogens is 582 g/mol. The van der Waals surface area contributed by atoms with Crippen molar-refractivity contribution < 1.29 is 32.1 Å². The minimum atomic E-state index is -4.57. The summed E-state index contributed by atoms with van der Waals surface area (Å²) in [6.45, 7) is 5.01. The van der Waals surface area contributed by atoms with E-state index in [0.29, 0.717) is 0 Å². The molecule has 0 bridgehead atoms. The van der Waals surface area contributed by atoms with Crippen LogP contribution in [0, 0.1) is 5.92 Å². The average Bonchev–Trinajstić information content (AvgIpc) is 3.27. The first kappa shape index (κ1) is 31.0. The van der Waals surface area contributed by atoms with Gasteiger partial charge >= 0.3 is 6.09 Å². The Kier molecular flexibility index (Phi) is 9.55. The highest BCUT2D eigenvalue weighted by atomic mass is 35.5. The Labute approximate surface area is 249 Å². The third-order valence-electron chi connectivity index (χ3n) is 7.07. The van der Waals surface area contributed by atoms with Crippen molar-refractivity contribution in [3.8, 4) is 11.1 Å². The maximum Gasteiger partial charge on any atom is 0.407 e. The molecule has 3 amide bonds. The van der Waals surface area contributed by atoms with E-state index in [4.69, 9.17) is 16.3 Å². The second-order valence-corrected chi connectivity index (χ2v) is 12.0. The van der Waals surface area contributed by atoms with Gasteiger partial charge in [-0.1, -0.05) is 68.4 Å². The summed E-state index contributed by atoms with van der Waals surface area (Å²) in [7, 11) is -4.57. The Morgan fingerprint density at radius 1 is 0.905 bits per heavy atom. The Hall–Kier alpha value is -3.93. The highest BCUT2D eigenvalue weighted by Gasteiger charge is 2.31. The van der Waals surface area contributed by atoms with Gasteiger partial charge in [-0.15, -0.1) is 11.6 Å². The molecule has 0 saturated heterocycles. The van der Waals surface area contributed by atoms with Crippen molar-refractivity contribution in [2.24, 2.45) is 5.92 Å². The number of alkyl carbamates (subject to hydrolysis) is 1. The predicted octanol–water partition coefficient (Wildman–Crippen LogP) is 4.68. The second kappa shape index (κ2) is 12.9. The van der Waals surface area contributed by atoms with Crippen LogP contribution >= 0.6 is 11.6 Å². The van der Waals surface area contributed by atoms with E-state index in [1.807, 2.05) is 48.5 Å². The molecule has 0 radical (unpaired) electrons. The van der Waals surface area contributed by atoms with Crippen LogP contribution in [0.25, 0.3) is 11.1 Å². The third-order valence-corrected chi connectivity index (χ3v) is 8.30. The molecule has 2 unspecified atom stereocenters. The van der Waals surface area contributed by atoms with Gasteiger partial charge in [0.05, 0.1) is 0 Å². The quantitative estimate of drug-likeness (QED) is 0.191. The number of hydrogen-bond donors (Lipinski definition) is 4. The molecule has 0 spiro atoms. The van der Waals surface area contributed by atoms with Crippen LogP contribution in [0.1, 0.15) is 43.4 Å². The van der Waals surface area contributed by atoms with Crippen LogP contribution in [0.2, 0.25) is 0 Å². The molecule has 0 saturated carbocycles. The van der Waals surface area contributed by atoms with Crippen LogP contribution in [0.4, 0.5) is 10.5 Å². The Morgan fingerprint density at radius 2 is 1.50 bits per heavy atom. The zero-order valence-electron chi connectivity index (χ0n) is 23.3. The fraction of sp³-hybridized carbons (Fsp3) is 0.300. The van der Waals surface area contributed by atoms with Gasteiger partial charge in [-0.2, -0.15) is 8.42 Å². The van der Waals surface area contributed by atoms with Crippen LogP contribution in [0.5, 0.6) is 0 Å². The van der Waals surface area contributed by atoms with Gasteiger partial charge < -0.3 is 20.7 Å². The summed E-state index contributed by atoms with van der Waals surface area (Å²) in [5.41, 5.74) is 4.56. The van der Waals surface area contributed by atoms with Crippen molar-refractivity contribution in [1.82, 2.24) is 10.6 Å². The number of carbonyl (C=O) groups excluding carboxylic acids is 3. The van der Waals surface area contributed by atoms with E-state index in [0.717, 1.165) is 28.3 Å². The van der Waals surface area contributed by atoms with Crippen molar-refractivity contribution in [3.63, 3.8) is 0 Å². The van der Waals surface area contributed by atoms with Gasteiger partial charge in [0, 0.05) is 17.5 Å². The van der Waals surface area contributed by atoms with Gasteiger partial charge in [0.25, 0.3) is 10.1 Å². The van der Waals surface area contributed by atoms with E-state index in [-0.39, 0.29) is 35.6 Å². The van der Waals surface area contributed by atoms with Gasteiger partial charge in [-0.3, -0.25) is 14.1 Å². The minimum Gasteiger partial charge on any atom is -0.449 e. The monoisotopic (exact) mass is 613 g/mol. The molecule has 12 heteroatoms. The molecule has 0 aromatic heterocycles. The minimum absolute atomic E-state index is 0.0825. The number of fused-ring (bicyclic) bond motifs is 3. The lowest BCUT2D eigenvalue weighted by Crippen LogP contribution is -2.53. The van der Waals surface area contributed by atoms with Crippen molar-refractivity contribution in [2.45, 2.75) is 49.5 Å². The zero-order valence-corrected chi connectivity index (χ0v) is 24.8. The topological polar surface area (TPSA) is 151 Å². The highest BCUT2D eigenvalue weighted by Crippen LogP contribution is 2.44. The largest absolute Gasteiger partial charge is 0.449 e. The van der Waals surface area contributed by atoms with E-state index in [1.165, 1.54) is 19.1 Å². The third kappa shape index (κ3) is 6.92. The zero-order chi connectivity index (χ0) is 30.6. The molecule has 4 N–H and O–H groups in total. The summed E-state index contributed by atoms with van der Waals surface area (Å²) >= 11 is 5.74. The number of nitrogens with one attached hydrogen (secondary N) is 3. The van der Waals surface area contributed by atoms with Crippen LogP contribution in [-0.2, 0) is 30.3 Å². The smallest absolute Gasteiger partial charge is 0.407 e. The molecule has 10 nitrogen and oxygen atoms in total. The summed E-state index contributed by atoms with van der Waals surface area (Å²) in [6, 6.07) is 17.7. The number of hydrogen-bond acceptors (Lipinski definition) is 6. The fourth-order valence-corrected chi connectivity index (χ4v) is 5.96. The maximum absolute atomic E-state index is 13.1. The first-order chi connectivity index (χ1) is 19.9. The first-order valence-electron chi connectivity index (χ1n) is 13.3. The van der Waals surface area contributed by atoms with Crippen LogP contribution < -0.4 is 16.0 Å². The maximum atomic E-state index is 13.1. The van der Waals surface area contributed by atoms with E-state index < -0.39 is 45.0 Å². The lowest BCUT2D eigenvalue weighted by molar-refractivity contribution is -0.128. The van der Waals surface area contributed by atoms with Gasteiger partial charge in [-0.05, 0) is 52.8 Å². The molecule has 0 heterocycles.